The zero-order valence-electron chi connectivity index (χ0n) is 18.2. The number of unbranched alkanes of at least 4 members (excludes halogenated alkanes) is 13. The molecule has 0 bridgehead atoms. The van der Waals surface area contributed by atoms with Crippen molar-refractivity contribution in [3.8, 4) is 0 Å². The Labute approximate surface area is 174 Å². The smallest absolute Gasteiger partial charge is 0.302 e. The van der Waals surface area contributed by atoms with E-state index in [1.165, 1.54) is 103 Å². The lowest BCUT2D eigenvalue weighted by Gasteiger charge is -2.29. The van der Waals surface area contributed by atoms with Gasteiger partial charge in [-0.1, -0.05) is 84.0 Å². The lowest BCUT2D eigenvalue weighted by Crippen LogP contribution is -3.00. The molecule has 0 rings (SSSR count). The summed E-state index contributed by atoms with van der Waals surface area (Å²) in [6.45, 7) is 6.40. The highest BCUT2D eigenvalue weighted by Gasteiger charge is 2.14. The van der Waals surface area contributed by atoms with E-state index >= 15 is 0 Å². The van der Waals surface area contributed by atoms with Gasteiger partial charge in [0.05, 0.1) is 20.6 Å². The number of ether oxygens (including phenoxy) is 1. The van der Waals surface area contributed by atoms with Gasteiger partial charge >= 0.3 is 5.97 Å². The fourth-order valence-electron chi connectivity index (χ4n) is 3.28. The number of carbonyl (C=O) groups excluding carboxylic acids is 1. The molecule has 26 heavy (non-hydrogen) atoms. The molecule has 0 atom stereocenters. The van der Waals surface area contributed by atoms with Gasteiger partial charge in [-0.05, 0) is 12.8 Å². The van der Waals surface area contributed by atoms with E-state index in [2.05, 4.69) is 21.0 Å². The third-order valence-electron chi connectivity index (χ3n) is 5.12. The number of esters is 1. The number of likely N-dealkylation sites (N-methyl/N-ethyl adjacent to an activating group) is 1. The lowest BCUT2D eigenvalue weighted by atomic mass is 10.0. The molecule has 0 aliphatic rings. The van der Waals surface area contributed by atoms with Gasteiger partial charge in [0.2, 0.25) is 0 Å². The van der Waals surface area contributed by atoms with Crippen LogP contribution in [0.15, 0.2) is 0 Å². The number of carbonyl (C=O) groups is 1. The molecule has 0 N–H and O–H groups in total. The molecule has 0 amide bonds. The summed E-state index contributed by atoms with van der Waals surface area (Å²) >= 11 is 0. The van der Waals surface area contributed by atoms with E-state index < -0.39 is 0 Å². The standard InChI is InChI=1S/C22H46NO2.BrH/c1-5-6-7-8-9-10-11-12-13-14-15-16-17-18-19-23(3,4)20-21-25-22(2)24;/h5-21H2,1-4H3;1H/q+1;/p-1. The predicted molar refractivity (Wildman–Crippen MR) is 109 cm³/mol. The maximum Gasteiger partial charge on any atom is 0.302 e. The monoisotopic (exact) mass is 435 g/mol. The van der Waals surface area contributed by atoms with E-state index in [1.807, 2.05) is 0 Å². The highest BCUT2D eigenvalue weighted by atomic mass is 79.9. The zero-order chi connectivity index (χ0) is 18.8. The summed E-state index contributed by atoms with van der Waals surface area (Å²) in [6, 6.07) is 0. The normalized spacial score (nSPS) is 11.2. The van der Waals surface area contributed by atoms with Crippen molar-refractivity contribution in [3.05, 3.63) is 0 Å². The van der Waals surface area contributed by atoms with Crippen molar-refractivity contribution in [2.24, 2.45) is 0 Å². The minimum Gasteiger partial charge on any atom is -1.00 e. The van der Waals surface area contributed by atoms with E-state index in [0.29, 0.717) is 6.61 Å². The number of hydrogen-bond donors (Lipinski definition) is 0. The number of quaternary nitrogens is 1. The molecule has 0 heterocycles. The van der Waals surface area contributed by atoms with Gasteiger partial charge in [-0.3, -0.25) is 4.79 Å². The fourth-order valence-corrected chi connectivity index (χ4v) is 3.28. The summed E-state index contributed by atoms with van der Waals surface area (Å²) < 4.78 is 6.00. The SMILES string of the molecule is CCCCCCCCCCCCCCCC[N+](C)(C)CCOC(C)=O.[Br-]. The molecule has 0 aromatic carbocycles. The van der Waals surface area contributed by atoms with Gasteiger partial charge in [-0.2, -0.15) is 0 Å². The first kappa shape index (κ1) is 28.1. The van der Waals surface area contributed by atoms with Gasteiger partial charge in [0.1, 0.15) is 13.2 Å². The molecule has 4 heteroatoms. The van der Waals surface area contributed by atoms with Gasteiger partial charge in [0.15, 0.2) is 0 Å². The van der Waals surface area contributed by atoms with Crippen LogP contribution in [0, 0.1) is 0 Å². The summed E-state index contributed by atoms with van der Waals surface area (Å²) in [5.41, 5.74) is 0. The Morgan fingerprint density at radius 1 is 0.692 bits per heavy atom. The van der Waals surface area contributed by atoms with Crippen molar-refractivity contribution in [1.82, 2.24) is 0 Å². The van der Waals surface area contributed by atoms with Crippen LogP contribution in [0.5, 0.6) is 0 Å². The first-order valence-corrected chi connectivity index (χ1v) is 10.9. The molecule has 0 saturated carbocycles. The molecular weight excluding hydrogens is 390 g/mol. The van der Waals surface area contributed by atoms with Crippen LogP contribution in [0.1, 0.15) is 104 Å². The molecule has 0 fully saturated rings. The van der Waals surface area contributed by atoms with Crippen molar-refractivity contribution < 1.29 is 31.0 Å². The van der Waals surface area contributed by atoms with Crippen LogP contribution in [0.2, 0.25) is 0 Å². The Hall–Kier alpha value is -0.0900. The summed E-state index contributed by atoms with van der Waals surface area (Å²) in [5, 5.41) is 0. The lowest BCUT2D eigenvalue weighted by molar-refractivity contribution is -0.890. The second-order valence-electron chi connectivity index (χ2n) is 8.32. The van der Waals surface area contributed by atoms with Crippen LogP contribution in [0.3, 0.4) is 0 Å². The maximum atomic E-state index is 10.8. The summed E-state index contributed by atoms with van der Waals surface area (Å²) in [6.07, 6.45) is 19.7. The van der Waals surface area contributed by atoms with E-state index in [9.17, 15) is 4.79 Å². The predicted octanol–water partition coefficient (Wildman–Crippen LogP) is 3.11. The fraction of sp³-hybridized carbons (Fsp3) is 0.955. The molecular formula is C22H46BrNO2. The Kier molecular flexibility index (Phi) is 21.3. The Morgan fingerprint density at radius 3 is 1.46 bits per heavy atom. The molecule has 158 valence electrons. The Balaban J connectivity index is 0. The van der Waals surface area contributed by atoms with E-state index in [4.69, 9.17) is 4.74 Å². The zero-order valence-corrected chi connectivity index (χ0v) is 19.7. The molecule has 0 spiro atoms. The van der Waals surface area contributed by atoms with Gasteiger partial charge in [-0.15, -0.1) is 0 Å². The topological polar surface area (TPSA) is 26.3 Å². The molecule has 0 aromatic rings. The summed E-state index contributed by atoms with van der Waals surface area (Å²) in [5.74, 6) is -0.170. The quantitative estimate of drug-likeness (QED) is 0.188. The number of hydrogen-bond acceptors (Lipinski definition) is 2. The minimum atomic E-state index is -0.170. The molecule has 0 unspecified atom stereocenters. The van der Waals surface area contributed by atoms with E-state index in [0.717, 1.165) is 11.0 Å². The first-order chi connectivity index (χ1) is 12.0. The third kappa shape index (κ3) is 22.0. The van der Waals surface area contributed by atoms with Crippen molar-refractivity contribution in [2.75, 3.05) is 33.8 Å². The van der Waals surface area contributed by atoms with Gasteiger partial charge < -0.3 is 26.2 Å². The number of rotatable bonds is 18. The van der Waals surface area contributed by atoms with Crippen LogP contribution in [0.25, 0.3) is 0 Å². The highest BCUT2D eigenvalue weighted by Crippen LogP contribution is 2.13. The highest BCUT2D eigenvalue weighted by molar-refractivity contribution is 5.65. The summed E-state index contributed by atoms with van der Waals surface area (Å²) in [7, 11) is 4.46. The number of halogens is 1. The van der Waals surface area contributed by atoms with E-state index in [1.54, 1.807) is 0 Å². The van der Waals surface area contributed by atoms with Crippen molar-refractivity contribution >= 4 is 5.97 Å². The molecule has 0 aliphatic carbocycles. The minimum absolute atomic E-state index is 0. The van der Waals surface area contributed by atoms with Crippen molar-refractivity contribution in [1.29, 1.82) is 0 Å². The molecule has 0 aromatic heterocycles. The molecule has 3 nitrogen and oxygen atoms in total. The van der Waals surface area contributed by atoms with Gasteiger partial charge in [-0.25, -0.2) is 0 Å². The van der Waals surface area contributed by atoms with Crippen LogP contribution < -0.4 is 17.0 Å². The second-order valence-corrected chi connectivity index (χ2v) is 8.32. The molecule has 0 saturated heterocycles. The van der Waals surface area contributed by atoms with Gasteiger partial charge in [0.25, 0.3) is 0 Å². The van der Waals surface area contributed by atoms with Crippen LogP contribution in [-0.2, 0) is 9.53 Å². The Bertz CT molecular complexity index is 309. The molecule has 0 aliphatic heterocycles. The second kappa shape index (κ2) is 19.7. The van der Waals surface area contributed by atoms with Crippen molar-refractivity contribution in [2.45, 2.75) is 104 Å². The third-order valence-corrected chi connectivity index (χ3v) is 5.12. The van der Waals surface area contributed by atoms with E-state index in [-0.39, 0.29) is 23.0 Å². The first-order valence-electron chi connectivity index (χ1n) is 10.9. The number of nitrogens with zero attached hydrogens (tertiary/aromatic N) is 1. The van der Waals surface area contributed by atoms with Gasteiger partial charge in [0, 0.05) is 6.92 Å². The largest absolute Gasteiger partial charge is 1.00 e. The summed E-state index contributed by atoms with van der Waals surface area (Å²) in [4.78, 5) is 10.8. The average molecular weight is 437 g/mol. The van der Waals surface area contributed by atoms with Crippen molar-refractivity contribution in [3.63, 3.8) is 0 Å². The molecule has 0 radical (unpaired) electrons. The van der Waals surface area contributed by atoms with Crippen LogP contribution in [-0.4, -0.2) is 44.2 Å². The average Bonchev–Trinajstić information content (AvgIpc) is 2.54. The van der Waals surface area contributed by atoms with Crippen LogP contribution in [0.4, 0.5) is 0 Å². The Morgan fingerprint density at radius 2 is 1.08 bits per heavy atom. The van der Waals surface area contributed by atoms with Crippen LogP contribution >= 0.6 is 0 Å². The maximum absolute atomic E-state index is 10.8.